The van der Waals surface area contributed by atoms with Gasteiger partial charge in [-0.15, -0.1) is 11.3 Å². The molecule has 2 heterocycles. The van der Waals surface area contributed by atoms with Crippen LogP contribution in [0.3, 0.4) is 0 Å². The van der Waals surface area contributed by atoms with E-state index >= 15 is 0 Å². The van der Waals surface area contributed by atoms with Crippen LogP contribution in [0, 0.1) is 6.92 Å². The second kappa shape index (κ2) is 7.71. The van der Waals surface area contributed by atoms with Gasteiger partial charge in [0.05, 0.1) is 30.3 Å². The van der Waals surface area contributed by atoms with E-state index in [9.17, 15) is 8.42 Å². The number of aryl methyl sites for hydroxylation is 1. The second-order valence-electron chi connectivity index (χ2n) is 5.76. The van der Waals surface area contributed by atoms with E-state index in [-0.39, 0.29) is 11.4 Å². The topological polar surface area (TPSA) is 71.5 Å². The van der Waals surface area contributed by atoms with Gasteiger partial charge in [-0.3, -0.25) is 4.90 Å². The summed E-state index contributed by atoms with van der Waals surface area (Å²) >= 11 is 1.48. The molecule has 6 nitrogen and oxygen atoms in total. The number of hydrogen-bond donors (Lipinski definition) is 1. The maximum absolute atomic E-state index is 12.3. The van der Waals surface area contributed by atoms with Crippen LogP contribution in [-0.2, 0) is 27.8 Å². The highest BCUT2D eigenvalue weighted by atomic mass is 32.2. The Morgan fingerprint density at radius 3 is 2.67 bits per heavy atom. The van der Waals surface area contributed by atoms with E-state index in [0.29, 0.717) is 0 Å². The van der Waals surface area contributed by atoms with Crippen LogP contribution in [0.4, 0.5) is 0 Å². The summed E-state index contributed by atoms with van der Waals surface area (Å²) in [7, 11) is -3.50. The van der Waals surface area contributed by atoms with Crippen molar-refractivity contribution in [2.24, 2.45) is 0 Å². The van der Waals surface area contributed by atoms with Crippen LogP contribution < -0.4 is 4.72 Å². The van der Waals surface area contributed by atoms with E-state index < -0.39 is 10.0 Å². The number of thiazole rings is 1. The fourth-order valence-electron chi connectivity index (χ4n) is 2.45. The number of hydrogen-bond acceptors (Lipinski definition) is 6. The molecule has 0 saturated carbocycles. The van der Waals surface area contributed by atoms with E-state index in [1.54, 1.807) is 24.3 Å². The highest BCUT2D eigenvalue weighted by molar-refractivity contribution is 7.89. The standard InChI is InChI=1S/C16H21N3O3S2/c1-13-2-4-15(5-3-13)24(20,21)17-10-16-18-14(12-23-16)11-19-6-8-22-9-7-19/h2-5,12,17H,6-11H2,1H3. The molecule has 0 unspecified atom stereocenters. The highest BCUT2D eigenvalue weighted by Crippen LogP contribution is 2.15. The zero-order chi connectivity index (χ0) is 17.0. The first kappa shape index (κ1) is 17.5. The van der Waals surface area contributed by atoms with Crippen LogP contribution in [-0.4, -0.2) is 44.6 Å². The summed E-state index contributed by atoms with van der Waals surface area (Å²) in [4.78, 5) is 7.09. The molecule has 24 heavy (non-hydrogen) atoms. The third-order valence-electron chi connectivity index (χ3n) is 3.83. The van der Waals surface area contributed by atoms with Crippen LogP contribution >= 0.6 is 11.3 Å². The molecule has 0 atom stereocenters. The third kappa shape index (κ3) is 4.61. The minimum Gasteiger partial charge on any atom is -0.379 e. The van der Waals surface area contributed by atoms with Crippen molar-refractivity contribution in [3.05, 3.63) is 45.9 Å². The summed E-state index contributed by atoms with van der Waals surface area (Å²) in [5, 5.41) is 2.76. The van der Waals surface area contributed by atoms with Crippen LogP contribution in [0.5, 0.6) is 0 Å². The first-order valence-electron chi connectivity index (χ1n) is 7.83. The van der Waals surface area contributed by atoms with Crippen molar-refractivity contribution in [3.8, 4) is 0 Å². The van der Waals surface area contributed by atoms with E-state index in [4.69, 9.17) is 4.74 Å². The van der Waals surface area contributed by atoms with Crippen LogP contribution in [0.15, 0.2) is 34.5 Å². The summed E-state index contributed by atoms with van der Waals surface area (Å²) < 4.78 is 32.5. The van der Waals surface area contributed by atoms with Gasteiger partial charge in [0.1, 0.15) is 5.01 Å². The van der Waals surface area contributed by atoms with Crippen molar-refractivity contribution in [1.29, 1.82) is 0 Å². The van der Waals surface area contributed by atoms with Gasteiger partial charge in [0.25, 0.3) is 0 Å². The molecule has 0 spiro atoms. The lowest BCUT2D eigenvalue weighted by Gasteiger charge is -2.25. The largest absolute Gasteiger partial charge is 0.379 e. The van der Waals surface area contributed by atoms with Gasteiger partial charge in [-0.1, -0.05) is 17.7 Å². The fraction of sp³-hybridized carbons (Fsp3) is 0.438. The molecule has 1 aromatic carbocycles. The van der Waals surface area contributed by atoms with E-state index in [1.807, 2.05) is 12.3 Å². The monoisotopic (exact) mass is 367 g/mol. The maximum atomic E-state index is 12.3. The molecule has 130 valence electrons. The van der Waals surface area contributed by atoms with E-state index in [2.05, 4.69) is 14.6 Å². The van der Waals surface area contributed by atoms with Crippen molar-refractivity contribution < 1.29 is 13.2 Å². The number of ether oxygens (including phenoxy) is 1. The molecule has 0 radical (unpaired) electrons. The Bertz CT molecular complexity index is 766. The summed E-state index contributed by atoms with van der Waals surface area (Å²) in [5.74, 6) is 0. The minimum atomic E-state index is -3.50. The molecule has 8 heteroatoms. The number of nitrogens with zero attached hydrogens (tertiary/aromatic N) is 2. The lowest BCUT2D eigenvalue weighted by Crippen LogP contribution is -2.35. The number of aromatic nitrogens is 1. The minimum absolute atomic E-state index is 0.212. The summed E-state index contributed by atoms with van der Waals surface area (Å²) in [6, 6.07) is 6.81. The second-order valence-corrected chi connectivity index (χ2v) is 8.47. The molecule has 1 aliphatic rings. The van der Waals surface area contributed by atoms with Crippen molar-refractivity contribution in [1.82, 2.24) is 14.6 Å². The Morgan fingerprint density at radius 1 is 1.25 bits per heavy atom. The zero-order valence-corrected chi connectivity index (χ0v) is 15.2. The molecule has 2 aromatic rings. The van der Waals surface area contributed by atoms with Crippen molar-refractivity contribution in [3.63, 3.8) is 0 Å². The first-order valence-corrected chi connectivity index (χ1v) is 10.2. The smallest absolute Gasteiger partial charge is 0.240 e. The predicted octanol–water partition coefficient (Wildman–Crippen LogP) is 1.76. The van der Waals surface area contributed by atoms with Crippen molar-refractivity contribution in [2.45, 2.75) is 24.9 Å². The van der Waals surface area contributed by atoms with Crippen molar-refractivity contribution >= 4 is 21.4 Å². The van der Waals surface area contributed by atoms with Gasteiger partial charge in [0.15, 0.2) is 0 Å². The summed E-state index contributed by atoms with van der Waals surface area (Å²) in [6.07, 6.45) is 0. The Morgan fingerprint density at radius 2 is 1.96 bits per heavy atom. The number of benzene rings is 1. The average molecular weight is 367 g/mol. The molecule has 1 aromatic heterocycles. The normalized spacial score (nSPS) is 16.4. The van der Waals surface area contributed by atoms with Gasteiger partial charge in [-0.25, -0.2) is 18.1 Å². The molecule has 1 saturated heterocycles. The number of sulfonamides is 1. The number of morpholine rings is 1. The van der Waals surface area contributed by atoms with Crippen LogP contribution in [0.2, 0.25) is 0 Å². The molecule has 1 aliphatic heterocycles. The fourth-order valence-corrected chi connectivity index (χ4v) is 4.25. The van der Waals surface area contributed by atoms with E-state index in [1.165, 1.54) is 11.3 Å². The quantitative estimate of drug-likeness (QED) is 0.842. The Hall–Kier alpha value is -1.32. The molecule has 3 rings (SSSR count). The average Bonchev–Trinajstić information content (AvgIpc) is 3.02. The van der Waals surface area contributed by atoms with Gasteiger partial charge < -0.3 is 4.74 Å². The zero-order valence-electron chi connectivity index (χ0n) is 13.6. The van der Waals surface area contributed by atoms with Gasteiger partial charge in [-0.2, -0.15) is 0 Å². The molecule has 1 fully saturated rings. The van der Waals surface area contributed by atoms with Gasteiger partial charge >= 0.3 is 0 Å². The van der Waals surface area contributed by atoms with Gasteiger partial charge in [0, 0.05) is 25.0 Å². The van der Waals surface area contributed by atoms with Gasteiger partial charge in [-0.05, 0) is 19.1 Å². The first-order chi connectivity index (χ1) is 11.5. The molecule has 0 amide bonds. The number of rotatable bonds is 6. The predicted molar refractivity (Wildman–Crippen MR) is 93.4 cm³/mol. The van der Waals surface area contributed by atoms with Crippen LogP contribution in [0.25, 0.3) is 0 Å². The lowest BCUT2D eigenvalue weighted by atomic mass is 10.2. The number of nitrogens with one attached hydrogen (secondary N) is 1. The summed E-state index contributed by atoms with van der Waals surface area (Å²) in [5.41, 5.74) is 2.01. The molecular formula is C16H21N3O3S2. The molecular weight excluding hydrogens is 346 g/mol. The Balaban J connectivity index is 1.57. The SMILES string of the molecule is Cc1ccc(S(=O)(=O)NCc2nc(CN3CCOCC3)cs2)cc1. The molecule has 0 aliphatic carbocycles. The van der Waals surface area contributed by atoms with Crippen LogP contribution in [0.1, 0.15) is 16.3 Å². The summed E-state index contributed by atoms with van der Waals surface area (Å²) in [6.45, 7) is 6.25. The van der Waals surface area contributed by atoms with E-state index in [0.717, 1.165) is 49.1 Å². The Kier molecular flexibility index (Phi) is 5.62. The van der Waals surface area contributed by atoms with Crippen molar-refractivity contribution in [2.75, 3.05) is 26.3 Å². The maximum Gasteiger partial charge on any atom is 0.240 e. The lowest BCUT2D eigenvalue weighted by molar-refractivity contribution is 0.0337. The Labute approximate surface area is 146 Å². The van der Waals surface area contributed by atoms with Gasteiger partial charge in [0.2, 0.25) is 10.0 Å². The molecule has 0 bridgehead atoms. The molecule has 1 N–H and O–H groups in total. The highest BCUT2D eigenvalue weighted by Gasteiger charge is 2.16. The third-order valence-corrected chi connectivity index (χ3v) is 6.15.